The van der Waals surface area contributed by atoms with E-state index in [0.29, 0.717) is 17.7 Å². The standard InChI is InChI=1S/C20H18N2O2S/c1-13-8-9-25-19(13)18(10-15-6-4-3-5-7-15)22-20(23)17-11-16(12-21)24-14(17)2/h3-9,11,18H,10H2,1-2H3,(H,22,23). The van der Waals surface area contributed by atoms with Gasteiger partial charge in [0, 0.05) is 10.9 Å². The van der Waals surface area contributed by atoms with Crippen molar-refractivity contribution in [1.82, 2.24) is 5.32 Å². The predicted molar refractivity (Wildman–Crippen MR) is 97.6 cm³/mol. The van der Waals surface area contributed by atoms with Crippen molar-refractivity contribution < 1.29 is 9.21 Å². The SMILES string of the molecule is Cc1ccsc1C(Cc1ccccc1)NC(=O)c1cc(C#N)oc1C. The Morgan fingerprint density at radius 2 is 2.04 bits per heavy atom. The lowest BCUT2D eigenvalue weighted by Gasteiger charge is -2.19. The fourth-order valence-electron chi connectivity index (χ4n) is 2.80. The summed E-state index contributed by atoms with van der Waals surface area (Å²) in [5.41, 5.74) is 2.72. The first kappa shape index (κ1) is 17.0. The third-order valence-electron chi connectivity index (χ3n) is 4.08. The third kappa shape index (κ3) is 3.81. The molecule has 1 amide bonds. The number of furan rings is 1. The molecule has 1 N–H and O–H groups in total. The Bertz CT molecular complexity index is 919. The van der Waals surface area contributed by atoms with Gasteiger partial charge in [-0.3, -0.25) is 4.79 Å². The lowest BCUT2D eigenvalue weighted by atomic mass is 10.0. The van der Waals surface area contributed by atoms with Gasteiger partial charge in [0.05, 0.1) is 11.6 Å². The number of aryl methyl sites for hydroxylation is 2. The van der Waals surface area contributed by atoms with E-state index in [1.54, 1.807) is 18.3 Å². The van der Waals surface area contributed by atoms with Crippen LogP contribution in [0.4, 0.5) is 0 Å². The van der Waals surface area contributed by atoms with E-state index in [-0.39, 0.29) is 17.7 Å². The normalized spacial score (nSPS) is 11.7. The molecule has 1 unspecified atom stereocenters. The van der Waals surface area contributed by atoms with Crippen molar-refractivity contribution >= 4 is 17.2 Å². The number of amides is 1. The van der Waals surface area contributed by atoms with E-state index in [4.69, 9.17) is 9.68 Å². The van der Waals surface area contributed by atoms with Gasteiger partial charge in [-0.2, -0.15) is 5.26 Å². The molecule has 3 rings (SSSR count). The maximum atomic E-state index is 12.7. The number of nitriles is 1. The van der Waals surface area contributed by atoms with Crippen LogP contribution >= 0.6 is 11.3 Å². The molecule has 0 spiro atoms. The van der Waals surface area contributed by atoms with E-state index in [1.807, 2.05) is 36.6 Å². The highest BCUT2D eigenvalue weighted by atomic mass is 32.1. The molecule has 0 saturated heterocycles. The molecule has 0 radical (unpaired) electrons. The van der Waals surface area contributed by atoms with E-state index in [2.05, 4.69) is 23.5 Å². The van der Waals surface area contributed by atoms with E-state index >= 15 is 0 Å². The van der Waals surface area contributed by atoms with Gasteiger partial charge in [-0.1, -0.05) is 30.3 Å². The maximum Gasteiger partial charge on any atom is 0.255 e. The minimum absolute atomic E-state index is 0.130. The van der Waals surface area contributed by atoms with Crippen molar-refractivity contribution in [1.29, 1.82) is 5.26 Å². The Morgan fingerprint density at radius 3 is 2.64 bits per heavy atom. The monoisotopic (exact) mass is 350 g/mol. The highest BCUT2D eigenvalue weighted by Gasteiger charge is 2.22. The molecule has 1 aromatic carbocycles. The number of thiophene rings is 1. The van der Waals surface area contributed by atoms with Crippen LogP contribution in [0.3, 0.4) is 0 Å². The van der Waals surface area contributed by atoms with Crippen LogP contribution in [-0.4, -0.2) is 5.91 Å². The average Bonchev–Trinajstić information content (AvgIpc) is 3.20. The van der Waals surface area contributed by atoms with Crippen LogP contribution in [0.5, 0.6) is 0 Å². The Hall–Kier alpha value is -2.84. The molecular weight excluding hydrogens is 332 g/mol. The zero-order valence-electron chi connectivity index (χ0n) is 14.1. The van der Waals surface area contributed by atoms with Gasteiger partial charge < -0.3 is 9.73 Å². The number of carbonyl (C=O) groups is 1. The van der Waals surface area contributed by atoms with Gasteiger partial charge in [-0.25, -0.2) is 0 Å². The molecule has 126 valence electrons. The number of nitrogens with zero attached hydrogens (tertiary/aromatic N) is 1. The van der Waals surface area contributed by atoms with Crippen molar-refractivity contribution in [2.24, 2.45) is 0 Å². The highest BCUT2D eigenvalue weighted by Crippen LogP contribution is 2.27. The molecule has 0 saturated carbocycles. The minimum Gasteiger partial charge on any atom is -0.450 e. The van der Waals surface area contributed by atoms with Crippen LogP contribution < -0.4 is 5.32 Å². The molecule has 0 bridgehead atoms. The lowest BCUT2D eigenvalue weighted by Crippen LogP contribution is -2.30. The Morgan fingerprint density at radius 1 is 1.28 bits per heavy atom. The molecule has 0 fully saturated rings. The highest BCUT2D eigenvalue weighted by molar-refractivity contribution is 7.10. The Kier molecular flexibility index (Phi) is 5.01. The van der Waals surface area contributed by atoms with Crippen LogP contribution in [0.1, 0.15) is 43.9 Å². The molecule has 3 aromatic rings. The van der Waals surface area contributed by atoms with E-state index in [0.717, 1.165) is 16.0 Å². The second-order valence-corrected chi connectivity index (χ2v) is 6.82. The molecule has 0 aliphatic rings. The summed E-state index contributed by atoms with van der Waals surface area (Å²) in [5, 5.41) is 14.1. The number of nitrogens with one attached hydrogen (secondary N) is 1. The fraction of sp³-hybridized carbons (Fsp3) is 0.200. The number of carbonyl (C=O) groups excluding carboxylic acids is 1. The second-order valence-electron chi connectivity index (χ2n) is 5.88. The third-order valence-corrected chi connectivity index (χ3v) is 5.21. The Labute approximate surface area is 150 Å². The molecule has 4 nitrogen and oxygen atoms in total. The van der Waals surface area contributed by atoms with Gasteiger partial charge in [-0.15, -0.1) is 11.3 Å². The van der Waals surface area contributed by atoms with Crippen molar-refractivity contribution in [2.45, 2.75) is 26.3 Å². The summed E-state index contributed by atoms with van der Waals surface area (Å²) in [6.45, 7) is 3.74. The summed E-state index contributed by atoms with van der Waals surface area (Å²) < 4.78 is 5.28. The summed E-state index contributed by atoms with van der Waals surface area (Å²) >= 11 is 1.64. The molecule has 2 aromatic heterocycles. The van der Waals surface area contributed by atoms with Crippen molar-refractivity contribution in [3.63, 3.8) is 0 Å². The van der Waals surface area contributed by atoms with Crippen molar-refractivity contribution in [2.75, 3.05) is 0 Å². The van der Waals surface area contributed by atoms with Gasteiger partial charge >= 0.3 is 0 Å². The summed E-state index contributed by atoms with van der Waals surface area (Å²) in [5.74, 6) is 0.376. The van der Waals surface area contributed by atoms with Gasteiger partial charge in [0.2, 0.25) is 5.76 Å². The Balaban J connectivity index is 1.87. The van der Waals surface area contributed by atoms with Crippen LogP contribution in [0.25, 0.3) is 0 Å². The number of benzene rings is 1. The van der Waals surface area contributed by atoms with Crippen LogP contribution in [0.15, 0.2) is 52.3 Å². The summed E-state index contributed by atoms with van der Waals surface area (Å²) in [6, 6.07) is 15.4. The van der Waals surface area contributed by atoms with Crippen molar-refractivity contribution in [3.05, 3.63) is 80.9 Å². The zero-order valence-corrected chi connectivity index (χ0v) is 14.9. The largest absolute Gasteiger partial charge is 0.450 e. The van der Waals surface area contributed by atoms with Gasteiger partial charge in [-0.05, 0) is 42.8 Å². The average molecular weight is 350 g/mol. The van der Waals surface area contributed by atoms with E-state index < -0.39 is 0 Å². The number of hydrogen-bond donors (Lipinski definition) is 1. The molecule has 1 atom stereocenters. The molecule has 0 aliphatic heterocycles. The summed E-state index contributed by atoms with van der Waals surface area (Å²) in [7, 11) is 0. The molecule has 25 heavy (non-hydrogen) atoms. The molecule has 0 aliphatic carbocycles. The minimum atomic E-state index is -0.225. The smallest absolute Gasteiger partial charge is 0.255 e. The van der Waals surface area contributed by atoms with E-state index in [1.165, 1.54) is 6.07 Å². The quantitative estimate of drug-likeness (QED) is 0.734. The predicted octanol–water partition coefficient (Wildman–Crippen LogP) is 4.54. The second kappa shape index (κ2) is 7.37. The summed E-state index contributed by atoms with van der Waals surface area (Å²) in [4.78, 5) is 13.9. The first-order valence-electron chi connectivity index (χ1n) is 7.97. The van der Waals surface area contributed by atoms with Gasteiger partial charge in [0.25, 0.3) is 5.91 Å². The zero-order chi connectivity index (χ0) is 17.8. The molecular formula is C20H18N2O2S. The van der Waals surface area contributed by atoms with Crippen LogP contribution in [0.2, 0.25) is 0 Å². The first-order chi connectivity index (χ1) is 12.1. The number of hydrogen-bond acceptors (Lipinski definition) is 4. The lowest BCUT2D eigenvalue weighted by molar-refractivity contribution is 0.0935. The van der Waals surface area contributed by atoms with Gasteiger partial charge in [0.1, 0.15) is 11.8 Å². The van der Waals surface area contributed by atoms with Crippen LogP contribution in [0, 0.1) is 25.2 Å². The maximum absolute atomic E-state index is 12.7. The number of rotatable bonds is 5. The first-order valence-corrected chi connectivity index (χ1v) is 8.85. The van der Waals surface area contributed by atoms with Crippen molar-refractivity contribution in [3.8, 4) is 6.07 Å². The topological polar surface area (TPSA) is 66.0 Å². The fourth-order valence-corrected chi connectivity index (χ4v) is 3.78. The molecule has 2 heterocycles. The molecule has 5 heteroatoms. The van der Waals surface area contributed by atoms with Crippen LogP contribution in [-0.2, 0) is 6.42 Å². The van der Waals surface area contributed by atoms with Gasteiger partial charge in [0.15, 0.2) is 0 Å². The van der Waals surface area contributed by atoms with E-state index in [9.17, 15) is 4.79 Å². The summed E-state index contributed by atoms with van der Waals surface area (Å²) in [6.07, 6.45) is 0.704.